The lowest BCUT2D eigenvalue weighted by Gasteiger charge is -2.11. The monoisotopic (exact) mass is 485 g/mol. The van der Waals surface area contributed by atoms with Gasteiger partial charge in [0.1, 0.15) is 0 Å². The largest absolute Gasteiger partial charge is 0.309 e. The highest BCUT2D eigenvalue weighted by atomic mass is 15.0. The lowest BCUT2D eigenvalue weighted by molar-refractivity contribution is 1.16. The van der Waals surface area contributed by atoms with E-state index in [1.807, 2.05) is 18.3 Å². The first-order valence-corrected chi connectivity index (χ1v) is 12.9. The van der Waals surface area contributed by atoms with Crippen molar-refractivity contribution in [2.45, 2.75) is 0 Å². The average Bonchev–Trinajstić information content (AvgIpc) is 3.49. The Morgan fingerprint density at radius 3 is 1.68 bits per heavy atom. The Kier molecular flexibility index (Phi) is 4.52. The van der Waals surface area contributed by atoms with Crippen LogP contribution in [-0.2, 0) is 0 Å². The van der Waals surface area contributed by atoms with Crippen molar-refractivity contribution in [2.75, 3.05) is 0 Å². The average molecular weight is 486 g/mol. The van der Waals surface area contributed by atoms with Gasteiger partial charge in [0.2, 0.25) is 0 Å². The molecule has 0 N–H and O–H groups in total. The fraction of sp³-hybridized carbons (Fsp3) is 0. The number of pyridine rings is 1. The van der Waals surface area contributed by atoms with Crippen molar-refractivity contribution >= 4 is 43.6 Å². The Morgan fingerprint density at radius 1 is 0.395 bits per heavy atom. The maximum Gasteiger partial charge on any atom is 0.0702 e. The predicted molar refractivity (Wildman–Crippen MR) is 158 cm³/mol. The fourth-order valence-corrected chi connectivity index (χ4v) is 5.90. The molecule has 0 aliphatic carbocycles. The fourth-order valence-electron chi connectivity index (χ4n) is 5.90. The minimum atomic E-state index is 0.974. The highest BCUT2D eigenvalue weighted by Gasteiger charge is 2.18. The molecule has 0 fully saturated rings. The summed E-state index contributed by atoms with van der Waals surface area (Å²) in [7, 11) is 0. The molecule has 0 spiro atoms. The summed E-state index contributed by atoms with van der Waals surface area (Å²) in [6.45, 7) is 0. The molecule has 3 heteroatoms. The molecular weight excluding hydrogens is 462 g/mol. The second-order valence-electron chi connectivity index (χ2n) is 9.69. The quantitative estimate of drug-likeness (QED) is 0.245. The Balaban J connectivity index is 1.50. The summed E-state index contributed by atoms with van der Waals surface area (Å²) in [4.78, 5) is 4.59. The van der Waals surface area contributed by atoms with Crippen LogP contribution in [0.5, 0.6) is 0 Å². The molecule has 0 bridgehead atoms. The van der Waals surface area contributed by atoms with E-state index in [9.17, 15) is 0 Å². The third kappa shape index (κ3) is 3.06. The van der Waals surface area contributed by atoms with Crippen LogP contribution < -0.4 is 0 Å². The number of benzene rings is 5. The molecule has 0 amide bonds. The molecule has 5 aromatic carbocycles. The van der Waals surface area contributed by atoms with Gasteiger partial charge in [-0.15, -0.1) is 0 Å². The molecule has 0 aliphatic rings. The summed E-state index contributed by atoms with van der Waals surface area (Å²) in [6.07, 6.45) is 1.85. The van der Waals surface area contributed by atoms with E-state index in [1.54, 1.807) is 0 Å². The van der Waals surface area contributed by atoms with Crippen molar-refractivity contribution in [1.82, 2.24) is 14.1 Å². The van der Waals surface area contributed by atoms with Gasteiger partial charge in [-0.1, -0.05) is 72.8 Å². The molecule has 0 aliphatic heterocycles. The molecule has 8 aromatic rings. The maximum absolute atomic E-state index is 4.59. The first kappa shape index (κ1) is 21.0. The number of para-hydroxylation sites is 3. The predicted octanol–water partition coefficient (Wildman–Crippen LogP) is 8.94. The van der Waals surface area contributed by atoms with Gasteiger partial charge >= 0.3 is 0 Å². The summed E-state index contributed by atoms with van der Waals surface area (Å²) in [6, 6.07) is 47.6. The van der Waals surface area contributed by atoms with Crippen molar-refractivity contribution in [3.8, 4) is 22.6 Å². The maximum atomic E-state index is 4.59. The van der Waals surface area contributed by atoms with Crippen molar-refractivity contribution in [3.63, 3.8) is 0 Å². The molecule has 3 nitrogen and oxygen atoms in total. The Bertz CT molecular complexity index is 2120. The third-order valence-electron chi connectivity index (χ3n) is 7.55. The van der Waals surface area contributed by atoms with Crippen molar-refractivity contribution in [3.05, 3.63) is 140 Å². The molecule has 38 heavy (non-hydrogen) atoms. The first-order valence-electron chi connectivity index (χ1n) is 12.9. The van der Waals surface area contributed by atoms with Crippen molar-refractivity contribution in [1.29, 1.82) is 0 Å². The third-order valence-corrected chi connectivity index (χ3v) is 7.55. The topological polar surface area (TPSA) is 22.8 Å². The molecule has 0 unspecified atom stereocenters. The number of nitrogens with zero attached hydrogens (tertiary/aromatic N) is 3. The van der Waals surface area contributed by atoms with Gasteiger partial charge in [-0.25, -0.2) is 0 Å². The van der Waals surface area contributed by atoms with Crippen LogP contribution in [-0.4, -0.2) is 14.1 Å². The van der Waals surface area contributed by atoms with Crippen LogP contribution in [0.2, 0.25) is 0 Å². The zero-order valence-corrected chi connectivity index (χ0v) is 20.6. The van der Waals surface area contributed by atoms with Gasteiger partial charge in [-0.2, -0.15) is 0 Å². The van der Waals surface area contributed by atoms with Crippen LogP contribution in [0.4, 0.5) is 0 Å². The zero-order valence-electron chi connectivity index (χ0n) is 20.6. The van der Waals surface area contributed by atoms with E-state index in [4.69, 9.17) is 0 Å². The Hall–Kier alpha value is -5.15. The van der Waals surface area contributed by atoms with E-state index in [-0.39, 0.29) is 0 Å². The summed E-state index contributed by atoms with van der Waals surface area (Å²) >= 11 is 0. The van der Waals surface area contributed by atoms with Gasteiger partial charge in [0.15, 0.2) is 0 Å². The highest BCUT2D eigenvalue weighted by molar-refractivity contribution is 6.19. The van der Waals surface area contributed by atoms with Crippen molar-refractivity contribution in [2.24, 2.45) is 0 Å². The van der Waals surface area contributed by atoms with E-state index in [0.29, 0.717) is 0 Å². The SMILES string of the molecule is c1ccc(-n2c3ccccc3c3cc4c5ccccc5n(-c5cccc(-c6ccccn6)c5)c4cc32)cc1. The molecule has 8 rings (SSSR count). The summed E-state index contributed by atoms with van der Waals surface area (Å²) in [5, 5.41) is 5.04. The Labute approximate surface area is 219 Å². The van der Waals surface area contributed by atoms with Gasteiger partial charge in [0.05, 0.1) is 27.8 Å². The van der Waals surface area contributed by atoms with E-state index in [1.165, 1.54) is 43.6 Å². The normalized spacial score (nSPS) is 11.7. The summed E-state index contributed by atoms with van der Waals surface area (Å²) in [5.41, 5.74) is 9.18. The molecule has 0 saturated carbocycles. The molecule has 0 saturated heterocycles. The van der Waals surface area contributed by atoms with E-state index >= 15 is 0 Å². The highest BCUT2D eigenvalue weighted by Crippen LogP contribution is 2.39. The number of aromatic nitrogens is 3. The van der Waals surface area contributed by atoms with Gasteiger partial charge in [-0.3, -0.25) is 4.98 Å². The lowest BCUT2D eigenvalue weighted by Crippen LogP contribution is -1.96. The van der Waals surface area contributed by atoms with Crippen LogP contribution in [0, 0.1) is 0 Å². The molecule has 0 atom stereocenters. The molecule has 178 valence electrons. The second kappa shape index (κ2) is 8.19. The molecular formula is C35H23N3. The van der Waals surface area contributed by atoms with E-state index in [0.717, 1.165) is 22.6 Å². The lowest BCUT2D eigenvalue weighted by atomic mass is 10.1. The molecule has 3 heterocycles. The summed E-state index contributed by atoms with van der Waals surface area (Å²) < 4.78 is 4.78. The van der Waals surface area contributed by atoms with Gasteiger partial charge in [0.25, 0.3) is 0 Å². The zero-order chi connectivity index (χ0) is 25.1. The standard InChI is InChI=1S/C35H23N3/c1-2-12-25(13-3-1)37-32-18-6-4-15-27(32)29-22-30-28-16-5-7-19-33(28)38(35(30)23-34(29)37)26-14-10-11-24(21-26)31-17-8-9-20-36-31/h1-23H. The van der Waals surface area contributed by atoms with Crippen LogP contribution in [0.25, 0.3) is 66.2 Å². The minimum absolute atomic E-state index is 0.974. The number of hydrogen-bond acceptors (Lipinski definition) is 1. The molecule has 3 aromatic heterocycles. The number of fused-ring (bicyclic) bond motifs is 6. The first-order chi connectivity index (χ1) is 18.9. The Morgan fingerprint density at radius 2 is 1.00 bits per heavy atom. The summed E-state index contributed by atoms with van der Waals surface area (Å²) in [5.74, 6) is 0. The minimum Gasteiger partial charge on any atom is -0.309 e. The van der Waals surface area contributed by atoms with E-state index < -0.39 is 0 Å². The van der Waals surface area contributed by atoms with E-state index in [2.05, 4.69) is 135 Å². The number of hydrogen-bond donors (Lipinski definition) is 0. The number of rotatable bonds is 3. The van der Waals surface area contributed by atoms with Crippen LogP contribution in [0.3, 0.4) is 0 Å². The van der Waals surface area contributed by atoms with Crippen LogP contribution >= 0.6 is 0 Å². The van der Waals surface area contributed by atoms with Gasteiger partial charge < -0.3 is 9.13 Å². The molecule has 0 radical (unpaired) electrons. The second-order valence-corrected chi connectivity index (χ2v) is 9.69. The van der Waals surface area contributed by atoms with Gasteiger partial charge in [0, 0.05) is 44.7 Å². The van der Waals surface area contributed by atoms with Crippen molar-refractivity contribution < 1.29 is 0 Å². The van der Waals surface area contributed by atoms with Crippen LogP contribution in [0.15, 0.2) is 140 Å². The van der Waals surface area contributed by atoms with Crippen LogP contribution in [0.1, 0.15) is 0 Å². The van der Waals surface area contributed by atoms with Gasteiger partial charge in [-0.05, 0) is 60.7 Å². The smallest absolute Gasteiger partial charge is 0.0702 e.